The highest BCUT2D eigenvalue weighted by Gasteiger charge is 2.30. The fourth-order valence-electron chi connectivity index (χ4n) is 2.86. The van der Waals surface area contributed by atoms with Gasteiger partial charge in [0.2, 0.25) is 0 Å². The van der Waals surface area contributed by atoms with Gasteiger partial charge in [0, 0.05) is 13.1 Å². The molecule has 0 N–H and O–H groups in total. The molecule has 0 aliphatic carbocycles. The van der Waals surface area contributed by atoms with Crippen molar-refractivity contribution in [3.05, 3.63) is 51.9 Å². The maximum absolute atomic E-state index is 13.2. The number of rotatable bonds is 3. The van der Waals surface area contributed by atoms with E-state index in [2.05, 4.69) is 4.98 Å². The molecule has 24 heavy (non-hydrogen) atoms. The summed E-state index contributed by atoms with van der Waals surface area (Å²) < 4.78 is 40.6. The van der Waals surface area contributed by atoms with E-state index in [4.69, 9.17) is 0 Å². The Hall–Kier alpha value is -1.57. The van der Waals surface area contributed by atoms with E-state index in [9.17, 15) is 12.8 Å². The predicted molar refractivity (Wildman–Crippen MR) is 94.0 cm³/mol. The first-order valence-electron chi connectivity index (χ1n) is 7.75. The van der Waals surface area contributed by atoms with E-state index in [0.29, 0.717) is 35.8 Å². The lowest BCUT2D eigenvalue weighted by molar-refractivity contribution is 0.388. The van der Waals surface area contributed by atoms with E-state index in [1.807, 2.05) is 19.1 Å². The number of sulfonamides is 1. The number of halogens is 1. The number of nitrogens with zero attached hydrogens (tertiary/aromatic N) is 2. The van der Waals surface area contributed by atoms with E-state index in [0.717, 1.165) is 16.1 Å². The molecule has 1 saturated heterocycles. The Labute approximate surface area is 145 Å². The minimum atomic E-state index is -3.47. The van der Waals surface area contributed by atoms with Crippen molar-refractivity contribution in [2.45, 2.75) is 30.9 Å². The normalized spacial score (nSPS) is 16.4. The van der Waals surface area contributed by atoms with Crippen LogP contribution in [0.2, 0.25) is 0 Å². The van der Waals surface area contributed by atoms with E-state index >= 15 is 0 Å². The average Bonchev–Trinajstić information content (AvgIpc) is 2.87. The van der Waals surface area contributed by atoms with Crippen LogP contribution in [-0.2, 0) is 10.0 Å². The van der Waals surface area contributed by atoms with Crippen molar-refractivity contribution in [2.75, 3.05) is 13.1 Å². The van der Waals surface area contributed by atoms with Gasteiger partial charge in [-0.25, -0.2) is 17.8 Å². The fourth-order valence-corrected chi connectivity index (χ4v) is 5.92. The van der Waals surface area contributed by atoms with Crippen LogP contribution in [0.5, 0.6) is 0 Å². The molecule has 7 heteroatoms. The smallest absolute Gasteiger partial charge is 0.245 e. The molecule has 1 aromatic heterocycles. The molecule has 0 radical (unpaired) electrons. The third-order valence-electron chi connectivity index (χ3n) is 4.02. The van der Waals surface area contributed by atoms with Gasteiger partial charge in [-0.3, -0.25) is 0 Å². The molecule has 0 saturated carbocycles. The minimum Gasteiger partial charge on any atom is -0.245 e. The van der Waals surface area contributed by atoms with Crippen LogP contribution in [0, 0.1) is 19.7 Å². The molecule has 1 aromatic carbocycles. The van der Waals surface area contributed by atoms with Crippen LogP contribution in [0.4, 0.5) is 4.39 Å². The Balaban J connectivity index is 1.74. The lowest BCUT2D eigenvalue weighted by atomic mass is 10.0. The topological polar surface area (TPSA) is 50.3 Å². The van der Waals surface area contributed by atoms with Crippen LogP contribution in [0.15, 0.2) is 34.0 Å². The van der Waals surface area contributed by atoms with Gasteiger partial charge in [0.05, 0.1) is 10.7 Å². The van der Waals surface area contributed by atoms with Gasteiger partial charge in [0.25, 0.3) is 10.0 Å². The molecule has 0 unspecified atom stereocenters. The van der Waals surface area contributed by atoms with Gasteiger partial charge in [0.15, 0.2) is 4.21 Å². The molecule has 0 atom stereocenters. The zero-order valence-electron chi connectivity index (χ0n) is 13.6. The van der Waals surface area contributed by atoms with E-state index in [1.165, 1.54) is 27.8 Å². The maximum atomic E-state index is 13.2. The third-order valence-corrected chi connectivity index (χ3v) is 7.58. The van der Waals surface area contributed by atoms with Crippen LogP contribution in [-0.4, -0.2) is 30.8 Å². The largest absolute Gasteiger partial charge is 0.254 e. The summed E-state index contributed by atoms with van der Waals surface area (Å²) in [6.07, 6.45) is 3.27. The summed E-state index contributed by atoms with van der Waals surface area (Å²) >= 11 is 1.22. The number of hydrogen-bond acceptors (Lipinski definition) is 4. The molecule has 1 aliphatic rings. The summed E-state index contributed by atoms with van der Waals surface area (Å²) in [6.45, 7) is 4.43. The molecule has 0 amide bonds. The highest BCUT2D eigenvalue weighted by atomic mass is 32.2. The highest BCUT2D eigenvalue weighted by molar-refractivity contribution is 7.91. The van der Waals surface area contributed by atoms with Gasteiger partial charge in [-0.1, -0.05) is 23.8 Å². The van der Waals surface area contributed by atoms with Gasteiger partial charge in [-0.15, -0.1) is 11.3 Å². The molecule has 3 rings (SSSR count). The molecule has 128 valence electrons. The second-order valence-corrected chi connectivity index (χ2v) is 9.20. The number of aromatic nitrogens is 1. The van der Waals surface area contributed by atoms with Crippen molar-refractivity contribution in [1.82, 2.24) is 9.29 Å². The summed E-state index contributed by atoms with van der Waals surface area (Å²) in [5.74, 6) is -0.264. The second kappa shape index (κ2) is 6.74. The van der Waals surface area contributed by atoms with Gasteiger partial charge in [0.1, 0.15) is 5.82 Å². The SMILES string of the molecule is Cc1nc(C)c(S(=O)(=O)N2CCC(=Cc3cccc(F)c3)CC2)s1. The lowest BCUT2D eigenvalue weighted by Crippen LogP contribution is -2.36. The minimum absolute atomic E-state index is 0.264. The molecular formula is C17H19FN2O2S2. The van der Waals surface area contributed by atoms with Crippen LogP contribution in [0.3, 0.4) is 0 Å². The summed E-state index contributed by atoms with van der Waals surface area (Å²) in [5, 5.41) is 0.759. The van der Waals surface area contributed by atoms with Crippen LogP contribution in [0.25, 0.3) is 6.08 Å². The van der Waals surface area contributed by atoms with Crippen LogP contribution < -0.4 is 0 Å². The van der Waals surface area contributed by atoms with Gasteiger partial charge < -0.3 is 0 Å². The number of benzene rings is 1. The summed E-state index contributed by atoms with van der Waals surface area (Å²) in [6, 6.07) is 6.43. The van der Waals surface area contributed by atoms with Crippen molar-refractivity contribution in [2.24, 2.45) is 0 Å². The summed E-state index contributed by atoms with van der Waals surface area (Å²) in [5.41, 5.74) is 2.53. The average molecular weight is 366 g/mol. The van der Waals surface area contributed by atoms with Crippen LogP contribution >= 0.6 is 11.3 Å². The van der Waals surface area contributed by atoms with Gasteiger partial charge in [-0.05, 0) is 44.4 Å². The lowest BCUT2D eigenvalue weighted by Gasteiger charge is -2.27. The van der Waals surface area contributed by atoms with Crippen LogP contribution in [0.1, 0.15) is 29.1 Å². The number of piperidine rings is 1. The van der Waals surface area contributed by atoms with Gasteiger partial charge in [-0.2, -0.15) is 4.31 Å². The van der Waals surface area contributed by atoms with E-state index < -0.39 is 10.0 Å². The molecule has 2 heterocycles. The Morgan fingerprint density at radius 1 is 1.25 bits per heavy atom. The summed E-state index contributed by atoms with van der Waals surface area (Å²) in [7, 11) is -3.47. The maximum Gasteiger partial charge on any atom is 0.254 e. The molecule has 1 fully saturated rings. The first-order valence-corrected chi connectivity index (χ1v) is 10.0. The Bertz CT molecular complexity index is 878. The highest BCUT2D eigenvalue weighted by Crippen LogP contribution is 2.29. The second-order valence-electron chi connectivity index (χ2n) is 5.87. The first kappa shape index (κ1) is 17.3. The number of hydrogen-bond donors (Lipinski definition) is 0. The monoisotopic (exact) mass is 366 g/mol. The van der Waals surface area contributed by atoms with Crippen molar-refractivity contribution < 1.29 is 12.8 Å². The van der Waals surface area contributed by atoms with Crippen molar-refractivity contribution >= 4 is 27.4 Å². The first-order chi connectivity index (χ1) is 11.4. The zero-order chi connectivity index (χ0) is 17.3. The van der Waals surface area contributed by atoms with Crippen molar-refractivity contribution in [3.63, 3.8) is 0 Å². The van der Waals surface area contributed by atoms with E-state index in [1.54, 1.807) is 13.0 Å². The molecule has 0 spiro atoms. The molecular weight excluding hydrogens is 347 g/mol. The summed E-state index contributed by atoms with van der Waals surface area (Å²) in [4.78, 5) is 4.22. The molecule has 0 bridgehead atoms. The third kappa shape index (κ3) is 3.58. The van der Waals surface area contributed by atoms with Crippen molar-refractivity contribution in [3.8, 4) is 0 Å². The van der Waals surface area contributed by atoms with Gasteiger partial charge >= 0.3 is 0 Å². The van der Waals surface area contributed by atoms with Crippen molar-refractivity contribution in [1.29, 1.82) is 0 Å². The molecule has 1 aliphatic heterocycles. The Kier molecular flexibility index (Phi) is 4.85. The zero-order valence-corrected chi connectivity index (χ0v) is 15.3. The molecule has 4 nitrogen and oxygen atoms in total. The standard InChI is InChI=1S/C17H19FN2O2S2/c1-12-17(23-13(2)19-12)24(21,22)20-8-6-14(7-9-20)10-15-4-3-5-16(18)11-15/h3-5,10-11H,6-9H2,1-2H3. The van der Waals surface area contributed by atoms with E-state index in [-0.39, 0.29) is 5.82 Å². The predicted octanol–water partition coefficient (Wildman–Crippen LogP) is 3.77. The number of aryl methyl sites for hydroxylation is 2. The quantitative estimate of drug-likeness (QED) is 0.831. The fraction of sp³-hybridized carbons (Fsp3) is 0.353. The Morgan fingerprint density at radius 3 is 2.54 bits per heavy atom. The molecule has 2 aromatic rings. The Morgan fingerprint density at radius 2 is 1.96 bits per heavy atom. The number of thiazole rings is 1.